The lowest BCUT2D eigenvalue weighted by molar-refractivity contribution is -0.0228. The summed E-state index contributed by atoms with van der Waals surface area (Å²) in [7, 11) is 1.64. The van der Waals surface area contributed by atoms with Crippen LogP contribution in [0.2, 0.25) is 0 Å². The van der Waals surface area contributed by atoms with Gasteiger partial charge in [-0.25, -0.2) is 0 Å². The van der Waals surface area contributed by atoms with Gasteiger partial charge in [-0.15, -0.1) is 0 Å². The summed E-state index contributed by atoms with van der Waals surface area (Å²) >= 11 is 0. The van der Waals surface area contributed by atoms with Gasteiger partial charge in [0, 0.05) is 12.1 Å². The van der Waals surface area contributed by atoms with E-state index in [4.69, 9.17) is 18.9 Å². The minimum atomic E-state index is -0.141. The molecule has 25 heavy (non-hydrogen) atoms. The number of methoxy groups -OCH3 is 1. The Morgan fingerprint density at radius 3 is 2.72 bits per heavy atom. The van der Waals surface area contributed by atoms with Gasteiger partial charge in [-0.2, -0.15) is 0 Å². The highest BCUT2D eigenvalue weighted by Gasteiger charge is 2.27. The van der Waals surface area contributed by atoms with Crippen LogP contribution in [0.15, 0.2) is 42.5 Å². The average molecular weight is 341 g/mol. The van der Waals surface area contributed by atoms with Crippen LogP contribution in [-0.4, -0.2) is 44.4 Å². The monoisotopic (exact) mass is 341 g/mol. The largest absolute Gasteiger partial charge is 0.497 e. The van der Waals surface area contributed by atoms with Crippen LogP contribution in [0.25, 0.3) is 0 Å². The molecule has 0 N–H and O–H groups in total. The lowest BCUT2D eigenvalue weighted by Crippen LogP contribution is -2.42. The standard InChI is InChI=1S/C19H19NO5/c1-22-15-5-2-13(3-6-15)18-11-20(8-9-23-18)19(21)14-4-7-16-17(10-14)25-12-24-16/h2-7,10,18H,8-9,11-12H2,1H3. The number of amides is 1. The van der Waals surface area contributed by atoms with Crippen molar-refractivity contribution in [2.75, 3.05) is 33.6 Å². The number of rotatable bonds is 3. The number of hydrogen-bond donors (Lipinski definition) is 0. The van der Waals surface area contributed by atoms with E-state index in [0.717, 1.165) is 11.3 Å². The molecule has 0 saturated carbocycles. The molecule has 0 aliphatic carbocycles. The number of hydrogen-bond acceptors (Lipinski definition) is 5. The maximum Gasteiger partial charge on any atom is 0.254 e. The van der Waals surface area contributed by atoms with E-state index < -0.39 is 0 Å². The van der Waals surface area contributed by atoms with E-state index in [2.05, 4.69) is 0 Å². The molecule has 2 aromatic carbocycles. The van der Waals surface area contributed by atoms with Gasteiger partial charge in [0.25, 0.3) is 5.91 Å². The molecule has 1 unspecified atom stereocenters. The molecule has 0 aromatic heterocycles. The minimum Gasteiger partial charge on any atom is -0.497 e. The van der Waals surface area contributed by atoms with Crippen molar-refractivity contribution in [3.05, 3.63) is 53.6 Å². The fourth-order valence-electron chi connectivity index (χ4n) is 3.07. The zero-order valence-electron chi connectivity index (χ0n) is 13.9. The van der Waals surface area contributed by atoms with Gasteiger partial charge in [0.15, 0.2) is 11.5 Å². The van der Waals surface area contributed by atoms with Crippen molar-refractivity contribution in [1.29, 1.82) is 0 Å². The number of fused-ring (bicyclic) bond motifs is 1. The molecule has 0 radical (unpaired) electrons. The fourth-order valence-corrected chi connectivity index (χ4v) is 3.07. The molecule has 1 fully saturated rings. The summed E-state index contributed by atoms with van der Waals surface area (Å²) in [6.45, 7) is 1.79. The number of carbonyl (C=O) groups is 1. The molecule has 2 heterocycles. The Morgan fingerprint density at radius 1 is 1.12 bits per heavy atom. The number of benzene rings is 2. The van der Waals surface area contributed by atoms with Gasteiger partial charge in [-0.1, -0.05) is 12.1 Å². The first-order chi connectivity index (χ1) is 12.2. The van der Waals surface area contributed by atoms with E-state index in [1.807, 2.05) is 29.2 Å². The van der Waals surface area contributed by atoms with Crippen molar-refractivity contribution < 1.29 is 23.7 Å². The van der Waals surface area contributed by atoms with Gasteiger partial charge in [-0.05, 0) is 35.9 Å². The summed E-state index contributed by atoms with van der Waals surface area (Å²) in [5.74, 6) is 2.06. The van der Waals surface area contributed by atoms with E-state index in [9.17, 15) is 4.79 Å². The lowest BCUT2D eigenvalue weighted by atomic mass is 10.1. The summed E-state index contributed by atoms with van der Waals surface area (Å²) in [6, 6.07) is 13.0. The second-order valence-electron chi connectivity index (χ2n) is 5.95. The van der Waals surface area contributed by atoms with E-state index in [1.54, 1.807) is 25.3 Å². The van der Waals surface area contributed by atoms with Gasteiger partial charge in [0.05, 0.1) is 20.3 Å². The predicted octanol–water partition coefficient (Wildman–Crippen LogP) is 2.64. The maximum atomic E-state index is 12.8. The van der Waals surface area contributed by atoms with Gasteiger partial charge in [0.1, 0.15) is 11.9 Å². The van der Waals surface area contributed by atoms with Crippen molar-refractivity contribution in [3.63, 3.8) is 0 Å². The molecule has 1 saturated heterocycles. The Hall–Kier alpha value is -2.73. The van der Waals surface area contributed by atoms with E-state index >= 15 is 0 Å². The summed E-state index contributed by atoms with van der Waals surface area (Å²) < 4.78 is 21.7. The molecule has 2 aliphatic rings. The number of ether oxygens (including phenoxy) is 4. The zero-order chi connectivity index (χ0) is 17.2. The first-order valence-corrected chi connectivity index (χ1v) is 8.19. The molecule has 1 amide bonds. The molecule has 1 atom stereocenters. The van der Waals surface area contributed by atoms with E-state index in [1.165, 1.54) is 0 Å². The molecule has 2 aromatic rings. The summed E-state index contributed by atoms with van der Waals surface area (Å²) in [5.41, 5.74) is 1.63. The van der Waals surface area contributed by atoms with Crippen molar-refractivity contribution in [1.82, 2.24) is 4.90 Å². The fraction of sp³-hybridized carbons (Fsp3) is 0.316. The van der Waals surface area contributed by atoms with Crippen LogP contribution in [0, 0.1) is 0 Å². The Kier molecular flexibility index (Phi) is 4.19. The summed E-state index contributed by atoms with van der Waals surface area (Å²) in [5, 5.41) is 0. The minimum absolute atomic E-state index is 0.0277. The molecule has 4 rings (SSSR count). The van der Waals surface area contributed by atoms with Crippen molar-refractivity contribution in [2.24, 2.45) is 0 Å². The van der Waals surface area contributed by atoms with E-state index in [0.29, 0.717) is 36.8 Å². The third-order valence-electron chi connectivity index (χ3n) is 4.46. The second-order valence-corrected chi connectivity index (χ2v) is 5.95. The third kappa shape index (κ3) is 3.13. The summed E-state index contributed by atoms with van der Waals surface area (Å²) in [6.07, 6.45) is -0.141. The van der Waals surface area contributed by atoms with Crippen LogP contribution in [0.1, 0.15) is 22.0 Å². The van der Waals surface area contributed by atoms with Gasteiger partial charge in [-0.3, -0.25) is 4.79 Å². The van der Waals surface area contributed by atoms with E-state index in [-0.39, 0.29) is 18.8 Å². The Morgan fingerprint density at radius 2 is 1.92 bits per heavy atom. The lowest BCUT2D eigenvalue weighted by Gasteiger charge is -2.33. The molecule has 130 valence electrons. The third-order valence-corrected chi connectivity index (χ3v) is 4.46. The molecule has 6 nitrogen and oxygen atoms in total. The number of nitrogens with zero attached hydrogens (tertiary/aromatic N) is 1. The highest BCUT2D eigenvalue weighted by atomic mass is 16.7. The smallest absolute Gasteiger partial charge is 0.254 e. The van der Waals surface area contributed by atoms with Gasteiger partial charge in [0.2, 0.25) is 6.79 Å². The van der Waals surface area contributed by atoms with Crippen molar-refractivity contribution >= 4 is 5.91 Å². The quantitative estimate of drug-likeness (QED) is 0.859. The highest BCUT2D eigenvalue weighted by Crippen LogP contribution is 2.33. The predicted molar refractivity (Wildman–Crippen MR) is 90.2 cm³/mol. The molecular weight excluding hydrogens is 322 g/mol. The summed E-state index contributed by atoms with van der Waals surface area (Å²) in [4.78, 5) is 14.6. The molecule has 2 aliphatic heterocycles. The number of morpholine rings is 1. The molecule has 0 bridgehead atoms. The van der Waals surface area contributed by atoms with Crippen LogP contribution in [0.4, 0.5) is 0 Å². The Labute approximate surface area is 145 Å². The Bertz CT molecular complexity index is 774. The van der Waals surface area contributed by atoms with Crippen LogP contribution >= 0.6 is 0 Å². The van der Waals surface area contributed by atoms with Crippen molar-refractivity contribution in [3.8, 4) is 17.2 Å². The molecular formula is C19H19NO5. The average Bonchev–Trinajstić information content (AvgIpc) is 3.15. The van der Waals surface area contributed by atoms with Gasteiger partial charge < -0.3 is 23.8 Å². The van der Waals surface area contributed by atoms with Crippen molar-refractivity contribution in [2.45, 2.75) is 6.10 Å². The topological polar surface area (TPSA) is 57.2 Å². The molecule has 6 heteroatoms. The van der Waals surface area contributed by atoms with Crippen LogP contribution < -0.4 is 14.2 Å². The normalized spacial score (nSPS) is 18.9. The van der Waals surface area contributed by atoms with Crippen LogP contribution in [0.3, 0.4) is 0 Å². The SMILES string of the molecule is COc1ccc(C2CN(C(=O)c3ccc4c(c3)OCO4)CCO2)cc1. The maximum absolute atomic E-state index is 12.8. The first kappa shape index (κ1) is 15.8. The Balaban J connectivity index is 1.49. The zero-order valence-corrected chi connectivity index (χ0v) is 13.9. The second kappa shape index (κ2) is 6.64. The van der Waals surface area contributed by atoms with Crippen LogP contribution in [-0.2, 0) is 4.74 Å². The molecule has 0 spiro atoms. The highest BCUT2D eigenvalue weighted by molar-refractivity contribution is 5.95. The first-order valence-electron chi connectivity index (χ1n) is 8.19. The van der Waals surface area contributed by atoms with Gasteiger partial charge >= 0.3 is 0 Å². The van der Waals surface area contributed by atoms with Crippen LogP contribution in [0.5, 0.6) is 17.2 Å². The number of carbonyl (C=O) groups excluding carboxylic acids is 1.